The summed E-state index contributed by atoms with van der Waals surface area (Å²) in [6.45, 7) is 4.30. The lowest BCUT2D eigenvalue weighted by atomic mass is 10.1. The predicted molar refractivity (Wildman–Crippen MR) is 57.2 cm³/mol. The van der Waals surface area contributed by atoms with Gasteiger partial charge in [0.05, 0.1) is 5.02 Å². The first-order valence-electron chi connectivity index (χ1n) is 3.54. The third-order valence-electron chi connectivity index (χ3n) is 1.67. The number of halogens is 2. The van der Waals surface area contributed by atoms with Crippen molar-refractivity contribution in [2.24, 2.45) is 7.05 Å². The van der Waals surface area contributed by atoms with Crippen LogP contribution in [0.15, 0.2) is 6.20 Å². The van der Waals surface area contributed by atoms with Gasteiger partial charge in [0, 0.05) is 22.5 Å². The first-order chi connectivity index (χ1) is 5.04. The van der Waals surface area contributed by atoms with Crippen molar-refractivity contribution in [3.63, 3.8) is 0 Å². The molecule has 0 amide bonds. The van der Waals surface area contributed by atoms with Gasteiger partial charge in [0.2, 0.25) is 0 Å². The molecule has 1 aromatic rings. The van der Waals surface area contributed by atoms with Gasteiger partial charge < -0.3 is 4.57 Å². The minimum absolute atomic E-state index is 0.496. The van der Waals surface area contributed by atoms with E-state index < -0.39 is 0 Å². The van der Waals surface area contributed by atoms with E-state index in [2.05, 4.69) is 47.2 Å². The maximum Gasteiger partial charge on any atom is 0.0751 e. The minimum atomic E-state index is 0.496. The molecule has 0 spiro atoms. The van der Waals surface area contributed by atoms with Crippen molar-refractivity contribution in [2.75, 3.05) is 0 Å². The lowest BCUT2D eigenvalue weighted by molar-refractivity contribution is 0.741. The zero-order chi connectivity index (χ0) is 8.59. The number of hydrogen-bond acceptors (Lipinski definition) is 0. The predicted octanol–water partition coefficient (Wildman–Crippen LogP) is 3.41. The van der Waals surface area contributed by atoms with Crippen molar-refractivity contribution in [3.05, 3.63) is 20.5 Å². The van der Waals surface area contributed by atoms with Crippen LogP contribution in [0.5, 0.6) is 0 Å². The summed E-state index contributed by atoms with van der Waals surface area (Å²) >= 11 is 8.33. The van der Waals surface area contributed by atoms with Crippen LogP contribution in [-0.4, -0.2) is 4.57 Å². The fraction of sp³-hybridized carbons (Fsp3) is 0.500. The van der Waals surface area contributed by atoms with Crippen LogP contribution in [0.3, 0.4) is 0 Å². The molecule has 0 unspecified atom stereocenters. The average molecular weight is 284 g/mol. The van der Waals surface area contributed by atoms with Gasteiger partial charge in [-0.25, -0.2) is 0 Å². The van der Waals surface area contributed by atoms with E-state index in [1.165, 1.54) is 5.69 Å². The van der Waals surface area contributed by atoms with E-state index in [1.54, 1.807) is 0 Å². The molecular formula is C8H11ClIN. The Morgan fingerprint density at radius 1 is 1.55 bits per heavy atom. The molecule has 0 saturated heterocycles. The third kappa shape index (κ3) is 1.72. The van der Waals surface area contributed by atoms with E-state index >= 15 is 0 Å². The highest BCUT2D eigenvalue weighted by molar-refractivity contribution is 14.1. The van der Waals surface area contributed by atoms with Crippen LogP contribution in [-0.2, 0) is 7.05 Å². The first kappa shape index (κ1) is 9.39. The summed E-state index contributed by atoms with van der Waals surface area (Å²) in [5.41, 5.74) is 1.22. The summed E-state index contributed by atoms with van der Waals surface area (Å²) in [4.78, 5) is 0. The van der Waals surface area contributed by atoms with E-state index in [4.69, 9.17) is 11.6 Å². The number of nitrogens with zero attached hydrogens (tertiary/aromatic N) is 1. The average Bonchev–Trinajstić information content (AvgIpc) is 2.07. The fourth-order valence-electron chi connectivity index (χ4n) is 1.23. The Kier molecular flexibility index (Phi) is 2.86. The number of aryl methyl sites for hydroxylation is 1. The summed E-state index contributed by atoms with van der Waals surface area (Å²) in [6.07, 6.45) is 2.05. The van der Waals surface area contributed by atoms with E-state index in [0.29, 0.717) is 5.92 Å². The molecule has 0 fully saturated rings. The molecule has 0 atom stereocenters. The number of hydrogen-bond donors (Lipinski definition) is 0. The van der Waals surface area contributed by atoms with Crippen LogP contribution in [0.25, 0.3) is 0 Å². The Morgan fingerprint density at radius 3 is 2.27 bits per heavy atom. The standard InChI is InChI=1S/C8H11ClIN/c1-5(2)8-7(9)6(10)4-11(8)3/h4-5H,1-3H3. The molecule has 0 aliphatic carbocycles. The summed E-state index contributed by atoms with van der Waals surface area (Å²) in [7, 11) is 2.03. The summed E-state index contributed by atoms with van der Waals surface area (Å²) in [5, 5.41) is 0.906. The van der Waals surface area contributed by atoms with Gasteiger partial charge in [-0.05, 0) is 28.5 Å². The van der Waals surface area contributed by atoms with Crippen molar-refractivity contribution < 1.29 is 0 Å². The van der Waals surface area contributed by atoms with Crippen molar-refractivity contribution in [2.45, 2.75) is 19.8 Å². The maximum absolute atomic E-state index is 6.08. The Morgan fingerprint density at radius 2 is 2.09 bits per heavy atom. The van der Waals surface area contributed by atoms with Crippen LogP contribution in [0, 0.1) is 3.57 Å². The van der Waals surface area contributed by atoms with E-state index in [1.807, 2.05) is 7.05 Å². The molecule has 1 aromatic heterocycles. The summed E-state index contributed by atoms with van der Waals surface area (Å²) in [6, 6.07) is 0. The van der Waals surface area contributed by atoms with Crippen molar-refractivity contribution in [1.29, 1.82) is 0 Å². The van der Waals surface area contributed by atoms with Crippen LogP contribution < -0.4 is 0 Å². The Balaban J connectivity index is 3.22. The van der Waals surface area contributed by atoms with Gasteiger partial charge in [0.15, 0.2) is 0 Å². The normalized spacial score (nSPS) is 11.1. The van der Waals surface area contributed by atoms with Gasteiger partial charge in [0.1, 0.15) is 0 Å². The van der Waals surface area contributed by atoms with Gasteiger partial charge in [-0.2, -0.15) is 0 Å². The van der Waals surface area contributed by atoms with Gasteiger partial charge in [-0.1, -0.05) is 25.4 Å². The smallest absolute Gasteiger partial charge is 0.0751 e. The van der Waals surface area contributed by atoms with Crippen LogP contribution in [0.1, 0.15) is 25.5 Å². The van der Waals surface area contributed by atoms with Gasteiger partial charge in [-0.15, -0.1) is 0 Å². The monoisotopic (exact) mass is 283 g/mol. The zero-order valence-corrected chi connectivity index (χ0v) is 9.77. The second-order valence-electron chi connectivity index (χ2n) is 2.94. The number of aromatic nitrogens is 1. The molecule has 0 radical (unpaired) electrons. The second kappa shape index (κ2) is 3.35. The maximum atomic E-state index is 6.08. The largest absolute Gasteiger partial charge is 0.352 e. The molecule has 62 valence electrons. The summed E-state index contributed by atoms with van der Waals surface area (Å²) < 4.78 is 3.23. The van der Waals surface area contributed by atoms with Gasteiger partial charge in [0.25, 0.3) is 0 Å². The van der Waals surface area contributed by atoms with Crippen molar-refractivity contribution in [1.82, 2.24) is 4.57 Å². The quantitative estimate of drug-likeness (QED) is 0.696. The Hall–Kier alpha value is 0.300. The van der Waals surface area contributed by atoms with E-state index in [0.717, 1.165) is 8.59 Å². The lowest BCUT2D eigenvalue weighted by Gasteiger charge is -2.06. The molecule has 0 aliphatic rings. The Labute approximate surface area is 85.9 Å². The highest BCUT2D eigenvalue weighted by atomic mass is 127. The van der Waals surface area contributed by atoms with Crippen molar-refractivity contribution >= 4 is 34.2 Å². The summed E-state index contributed by atoms with van der Waals surface area (Å²) in [5.74, 6) is 0.496. The molecular weight excluding hydrogens is 272 g/mol. The molecule has 0 aromatic carbocycles. The fourth-order valence-corrected chi connectivity index (χ4v) is 2.33. The molecule has 0 saturated carbocycles. The highest BCUT2D eigenvalue weighted by Gasteiger charge is 2.12. The third-order valence-corrected chi connectivity index (χ3v) is 3.20. The minimum Gasteiger partial charge on any atom is -0.352 e. The van der Waals surface area contributed by atoms with Gasteiger partial charge in [-0.3, -0.25) is 0 Å². The molecule has 1 heterocycles. The lowest BCUT2D eigenvalue weighted by Crippen LogP contribution is -1.96. The van der Waals surface area contributed by atoms with Gasteiger partial charge >= 0.3 is 0 Å². The van der Waals surface area contributed by atoms with E-state index in [9.17, 15) is 0 Å². The van der Waals surface area contributed by atoms with E-state index in [-0.39, 0.29) is 0 Å². The SMILES string of the molecule is CC(C)c1c(Cl)c(I)cn1C. The molecule has 1 rings (SSSR count). The first-order valence-corrected chi connectivity index (χ1v) is 5.00. The Bertz CT molecular complexity index is 265. The topological polar surface area (TPSA) is 4.93 Å². The second-order valence-corrected chi connectivity index (χ2v) is 4.48. The molecule has 0 N–H and O–H groups in total. The molecule has 11 heavy (non-hydrogen) atoms. The van der Waals surface area contributed by atoms with Crippen LogP contribution in [0.4, 0.5) is 0 Å². The number of rotatable bonds is 1. The van der Waals surface area contributed by atoms with Crippen LogP contribution >= 0.6 is 34.2 Å². The molecule has 3 heteroatoms. The zero-order valence-electron chi connectivity index (χ0n) is 6.86. The molecule has 0 bridgehead atoms. The molecule has 0 aliphatic heterocycles. The van der Waals surface area contributed by atoms with Crippen molar-refractivity contribution in [3.8, 4) is 0 Å². The molecule has 1 nitrogen and oxygen atoms in total. The van der Waals surface area contributed by atoms with Crippen LogP contribution in [0.2, 0.25) is 5.02 Å². The highest BCUT2D eigenvalue weighted by Crippen LogP contribution is 2.29.